The highest BCUT2D eigenvalue weighted by atomic mass is 16.3. The van der Waals surface area contributed by atoms with Crippen molar-refractivity contribution in [2.75, 3.05) is 13.1 Å². The van der Waals surface area contributed by atoms with Crippen LogP contribution in [-0.2, 0) is 18.4 Å². The molecule has 1 aromatic heterocycles. The first-order valence-electron chi connectivity index (χ1n) is 8.48. The maximum absolute atomic E-state index is 9.67. The molecule has 1 saturated heterocycles. The highest BCUT2D eigenvalue weighted by molar-refractivity contribution is 5.34. The molecule has 1 fully saturated rings. The average molecular weight is 309 g/mol. The summed E-state index contributed by atoms with van der Waals surface area (Å²) >= 11 is 0. The van der Waals surface area contributed by atoms with Crippen molar-refractivity contribution in [2.45, 2.75) is 44.6 Å². The summed E-state index contributed by atoms with van der Waals surface area (Å²) in [5.41, 5.74) is 4.03. The van der Waals surface area contributed by atoms with Gasteiger partial charge in [-0.15, -0.1) is 0 Å². The zero-order chi connectivity index (χ0) is 15.9. The van der Waals surface area contributed by atoms with Crippen LogP contribution in [0.4, 0.5) is 0 Å². The largest absolute Gasteiger partial charge is 0.508 e. The van der Waals surface area contributed by atoms with Crippen LogP contribution in [0.2, 0.25) is 0 Å². The Bertz CT molecular complexity index is 726. The monoisotopic (exact) mass is 309 g/mol. The van der Waals surface area contributed by atoms with Crippen molar-refractivity contribution in [1.82, 2.24) is 14.9 Å². The molecule has 4 nitrogen and oxygen atoms in total. The standard InChI is InChI=1S/C19H23N3O/c1-14-20-11-16-6-8-19(18(16)21-14)7-3-9-22(13-19)12-15-4-2-5-17(23)10-15/h2,4-5,10-11,23H,3,6-9,12-13H2,1H3. The first-order chi connectivity index (χ1) is 11.1. The van der Waals surface area contributed by atoms with E-state index in [2.05, 4.69) is 16.0 Å². The molecule has 4 heteroatoms. The molecular weight excluding hydrogens is 286 g/mol. The van der Waals surface area contributed by atoms with Crippen LogP contribution in [0.15, 0.2) is 30.5 Å². The van der Waals surface area contributed by atoms with E-state index in [1.54, 1.807) is 6.07 Å². The van der Waals surface area contributed by atoms with Gasteiger partial charge in [0.25, 0.3) is 0 Å². The van der Waals surface area contributed by atoms with Gasteiger partial charge in [-0.3, -0.25) is 4.90 Å². The van der Waals surface area contributed by atoms with Gasteiger partial charge in [0.1, 0.15) is 11.6 Å². The Morgan fingerprint density at radius 3 is 3.09 bits per heavy atom. The van der Waals surface area contributed by atoms with Crippen molar-refractivity contribution in [3.63, 3.8) is 0 Å². The smallest absolute Gasteiger partial charge is 0.125 e. The summed E-state index contributed by atoms with van der Waals surface area (Å²) in [6, 6.07) is 7.62. The molecule has 0 amide bonds. The average Bonchev–Trinajstić information content (AvgIpc) is 2.85. The molecule has 1 aliphatic carbocycles. The number of nitrogens with zero attached hydrogens (tertiary/aromatic N) is 3. The summed E-state index contributed by atoms with van der Waals surface area (Å²) in [4.78, 5) is 11.7. The molecule has 1 aromatic carbocycles. The van der Waals surface area contributed by atoms with Crippen LogP contribution in [-0.4, -0.2) is 33.1 Å². The summed E-state index contributed by atoms with van der Waals surface area (Å²) < 4.78 is 0. The van der Waals surface area contributed by atoms with E-state index in [4.69, 9.17) is 4.98 Å². The molecular formula is C19H23N3O. The van der Waals surface area contributed by atoms with E-state index in [1.165, 1.54) is 36.1 Å². The Labute approximate surface area is 137 Å². The van der Waals surface area contributed by atoms with Crippen LogP contribution in [0.25, 0.3) is 0 Å². The predicted molar refractivity (Wildman–Crippen MR) is 89.4 cm³/mol. The van der Waals surface area contributed by atoms with Crippen LogP contribution < -0.4 is 0 Å². The molecule has 2 aromatic rings. The Hall–Kier alpha value is -1.94. The summed E-state index contributed by atoms with van der Waals surface area (Å²) in [5, 5.41) is 9.67. The number of aryl methyl sites for hydroxylation is 2. The first kappa shape index (κ1) is 14.6. The molecule has 2 heterocycles. The van der Waals surface area contributed by atoms with Crippen LogP contribution in [0.1, 0.15) is 41.9 Å². The normalized spacial score (nSPS) is 24.0. The third kappa shape index (κ3) is 2.72. The second-order valence-electron chi connectivity index (χ2n) is 7.06. The van der Waals surface area contributed by atoms with E-state index in [0.717, 1.165) is 31.9 Å². The maximum Gasteiger partial charge on any atom is 0.125 e. The minimum Gasteiger partial charge on any atom is -0.508 e. The molecule has 1 spiro atoms. The fraction of sp³-hybridized carbons (Fsp3) is 0.474. The predicted octanol–water partition coefficient (Wildman–Crippen LogP) is 2.97. The van der Waals surface area contributed by atoms with E-state index < -0.39 is 0 Å². The highest BCUT2D eigenvalue weighted by Gasteiger charge is 2.43. The molecule has 0 saturated carbocycles. The van der Waals surface area contributed by atoms with Gasteiger partial charge in [0.2, 0.25) is 0 Å². The zero-order valence-electron chi connectivity index (χ0n) is 13.6. The van der Waals surface area contributed by atoms with E-state index in [9.17, 15) is 5.11 Å². The van der Waals surface area contributed by atoms with Gasteiger partial charge in [-0.2, -0.15) is 0 Å². The van der Waals surface area contributed by atoms with Gasteiger partial charge >= 0.3 is 0 Å². The van der Waals surface area contributed by atoms with Crippen molar-refractivity contribution in [3.8, 4) is 5.75 Å². The topological polar surface area (TPSA) is 49.2 Å². The number of likely N-dealkylation sites (tertiary alicyclic amines) is 1. The number of aromatic hydroxyl groups is 1. The van der Waals surface area contributed by atoms with E-state index >= 15 is 0 Å². The summed E-state index contributed by atoms with van der Waals surface area (Å²) in [6.45, 7) is 5.07. The number of phenolic OH excluding ortho intramolecular Hbond substituents is 1. The van der Waals surface area contributed by atoms with Gasteiger partial charge in [0.05, 0.1) is 5.69 Å². The van der Waals surface area contributed by atoms with Gasteiger partial charge in [-0.1, -0.05) is 12.1 Å². The number of piperidine rings is 1. The van der Waals surface area contributed by atoms with Gasteiger partial charge in [-0.25, -0.2) is 9.97 Å². The minimum absolute atomic E-state index is 0.206. The van der Waals surface area contributed by atoms with Crippen molar-refractivity contribution in [1.29, 1.82) is 0 Å². The Balaban J connectivity index is 1.58. The second-order valence-corrected chi connectivity index (χ2v) is 7.06. The van der Waals surface area contributed by atoms with E-state index in [1.807, 2.05) is 25.3 Å². The van der Waals surface area contributed by atoms with Crippen LogP contribution in [0, 0.1) is 6.92 Å². The highest BCUT2D eigenvalue weighted by Crippen LogP contribution is 2.44. The van der Waals surface area contributed by atoms with Crippen molar-refractivity contribution in [3.05, 3.63) is 53.1 Å². The third-order valence-corrected chi connectivity index (χ3v) is 5.33. The van der Waals surface area contributed by atoms with Crippen molar-refractivity contribution >= 4 is 0 Å². The molecule has 0 bridgehead atoms. The molecule has 2 aliphatic rings. The fourth-order valence-corrected chi connectivity index (χ4v) is 4.30. The lowest BCUT2D eigenvalue weighted by Crippen LogP contribution is -2.45. The maximum atomic E-state index is 9.67. The number of phenols is 1. The van der Waals surface area contributed by atoms with E-state index in [-0.39, 0.29) is 5.41 Å². The van der Waals surface area contributed by atoms with Gasteiger partial charge in [-0.05, 0) is 62.4 Å². The fourth-order valence-electron chi connectivity index (χ4n) is 4.30. The Kier molecular flexibility index (Phi) is 3.57. The third-order valence-electron chi connectivity index (χ3n) is 5.33. The lowest BCUT2D eigenvalue weighted by Gasteiger charge is -2.40. The van der Waals surface area contributed by atoms with Crippen molar-refractivity contribution in [2.24, 2.45) is 0 Å². The molecule has 0 radical (unpaired) electrons. The summed E-state index contributed by atoms with van der Waals surface area (Å²) in [5.74, 6) is 1.24. The number of hydrogen-bond donors (Lipinski definition) is 1. The molecule has 1 unspecified atom stereocenters. The molecule has 1 N–H and O–H groups in total. The Morgan fingerprint density at radius 1 is 1.30 bits per heavy atom. The minimum atomic E-state index is 0.206. The molecule has 23 heavy (non-hydrogen) atoms. The summed E-state index contributed by atoms with van der Waals surface area (Å²) in [6.07, 6.45) is 6.77. The van der Waals surface area contributed by atoms with Gasteiger partial charge in [0.15, 0.2) is 0 Å². The van der Waals surface area contributed by atoms with E-state index in [0.29, 0.717) is 5.75 Å². The molecule has 1 atom stereocenters. The van der Waals surface area contributed by atoms with Crippen molar-refractivity contribution < 1.29 is 5.11 Å². The summed E-state index contributed by atoms with van der Waals surface area (Å²) in [7, 11) is 0. The molecule has 120 valence electrons. The molecule has 1 aliphatic heterocycles. The van der Waals surface area contributed by atoms with Gasteiger partial charge in [0, 0.05) is 24.7 Å². The number of fused-ring (bicyclic) bond motifs is 2. The van der Waals surface area contributed by atoms with Crippen LogP contribution in [0.3, 0.4) is 0 Å². The first-order valence-corrected chi connectivity index (χ1v) is 8.48. The Morgan fingerprint density at radius 2 is 2.22 bits per heavy atom. The zero-order valence-corrected chi connectivity index (χ0v) is 13.6. The number of aromatic nitrogens is 2. The second kappa shape index (κ2) is 5.60. The lowest BCUT2D eigenvalue weighted by molar-refractivity contribution is 0.136. The lowest BCUT2D eigenvalue weighted by atomic mass is 9.77. The van der Waals surface area contributed by atoms with Crippen LogP contribution in [0.5, 0.6) is 5.75 Å². The quantitative estimate of drug-likeness (QED) is 0.926. The number of rotatable bonds is 2. The number of benzene rings is 1. The SMILES string of the molecule is Cc1ncc2c(n1)C1(CCCN(Cc3cccc(O)c3)C1)CC2. The molecule has 4 rings (SSSR count). The van der Waals surface area contributed by atoms with Crippen LogP contribution >= 0.6 is 0 Å². The number of hydrogen-bond acceptors (Lipinski definition) is 4. The van der Waals surface area contributed by atoms with Gasteiger partial charge < -0.3 is 5.11 Å².